The molecule has 0 radical (unpaired) electrons. The van der Waals surface area contributed by atoms with Gasteiger partial charge in [0.25, 0.3) is 5.91 Å². The van der Waals surface area contributed by atoms with Gasteiger partial charge in [0.05, 0.1) is 23.1 Å². The van der Waals surface area contributed by atoms with Crippen molar-refractivity contribution in [3.8, 4) is 5.75 Å². The Hall–Kier alpha value is -2.59. The van der Waals surface area contributed by atoms with Gasteiger partial charge in [-0.3, -0.25) is 4.79 Å². The summed E-state index contributed by atoms with van der Waals surface area (Å²) < 4.78 is 71.4. The number of halogens is 3. The summed E-state index contributed by atoms with van der Waals surface area (Å²) in [7, 11) is -2.68. The molecule has 1 aliphatic heterocycles. The number of nitrogens with one attached hydrogen (secondary N) is 1. The Morgan fingerprint density at radius 2 is 1.83 bits per heavy atom. The summed E-state index contributed by atoms with van der Waals surface area (Å²) in [5.41, 5.74) is -0.571. The fourth-order valence-corrected chi connectivity index (χ4v) is 4.27. The van der Waals surface area contributed by atoms with Gasteiger partial charge in [-0.25, -0.2) is 13.1 Å². The van der Waals surface area contributed by atoms with Crippen LogP contribution in [0.4, 0.5) is 13.2 Å². The molecule has 0 unspecified atom stereocenters. The number of carbonyl (C=O) groups excluding carboxylic acids is 1. The van der Waals surface area contributed by atoms with Crippen LogP contribution in [0.5, 0.6) is 5.75 Å². The van der Waals surface area contributed by atoms with Gasteiger partial charge in [0.2, 0.25) is 10.0 Å². The first kappa shape index (κ1) is 22.1. The van der Waals surface area contributed by atoms with Crippen molar-refractivity contribution in [3.63, 3.8) is 0 Å². The highest BCUT2D eigenvalue weighted by molar-refractivity contribution is 7.89. The van der Waals surface area contributed by atoms with Gasteiger partial charge >= 0.3 is 6.18 Å². The molecule has 1 saturated heterocycles. The predicted octanol–water partition coefficient (Wildman–Crippen LogP) is 3.43. The van der Waals surface area contributed by atoms with Crippen LogP contribution in [0.2, 0.25) is 0 Å². The van der Waals surface area contributed by atoms with E-state index in [9.17, 15) is 26.4 Å². The Morgan fingerprint density at radius 3 is 2.47 bits per heavy atom. The second kappa shape index (κ2) is 8.65. The molecule has 2 aromatic rings. The smallest absolute Gasteiger partial charge is 0.416 e. The molecular weight excluding hydrogens is 421 g/mol. The van der Waals surface area contributed by atoms with E-state index in [1.165, 1.54) is 37.4 Å². The number of rotatable bonds is 6. The van der Waals surface area contributed by atoms with Crippen LogP contribution in [0.3, 0.4) is 0 Å². The molecule has 1 N–H and O–H groups in total. The number of benzene rings is 2. The molecule has 1 fully saturated rings. The number of amides is 1. The minimum absolute atomic E-state index is 0.126. The Bertz CT molecular complexity index is 1030. The van der Waals surface area contributed by atoms with Crippen molar-refractivity contribution in [2.45, 2.75) is 30.5 Å². The number of sulfonamides is 1. The minimum atomic E-state index is -4.52. The van der Waals surface area contributed by atoms with Gasteiger partial charge in [-0.2, -0.15) is 13.2 Å². The molecule has 0 saturated carbocycles. The lowest BCUT2D eigenvalue weighted by molar-refractivity contribution is -0.137. The molecule has 10 heteroatoms. The molecule has 0 bridgehead atoms. The Morgan fingerprint density at radius 1 is 1.13 bits per heavy atom. The third-order valence-corrected chi connectivity index (χ3v) is 6.22. The van der Waals surface area contributed by atoms with Gasteiger partial charge in [-0.05, 0) is 42.7 Å². The second-order valence-corrected chi connectivity index (χ2v) is 8.65. The average molecular weight is 442 g/mol. The van der Waals surface area contributed by atoms with Crippen molar-refractivity contribution in [2.24, 2.45) is 0 Å². The van der Waals surface area contributed by atoms with E-state index in [0.29, 0.717) is 13.1 Å². The molecular formula is C20H21F3N2O4S. The van der Waals surface area contributed by atoms with Crippen molar-refractivity contribution >= 4 is 15.9 Å². The van der Waals surface area contributed by atoms with E-state index in [1.54, 1.807) is 4.90 Å². The quantitative estimate of drug-likeness (QED) is 0.744. The molecule has 1 amide bonds. The Balaban J connectivity index is 1.82. The highest BCUT2D eigenvalue weighted by Crippen LogP contribution is 2.30. The van der Waals surface area contributed by atoms with E-state index in [-0.39, 0.29) is 34.2 Å². The molecule has 0 aromatic heterocycles. The number of nitrogens with zero attached hydrogens (tertiary/aromatic N) is 1. The maximum absolute atomic E-state index is 12.8. The molecule has 0 spiro atoms. The van der Waals surface area contributed by atoms with Crippen LogP contribution in [0, 0.1) is 0 Å². The normalized spacial score (nSPS) is 14.7. The van der Waals surface area contributed by atoms with Crippen molar-refractivity contribution < 1.29 is 31.1 Å². The number of hydrogen-bond acceptors (Lipinski definition) is 4. The zero-order chi connectivity index (χ0) is 21.9. The van der Waals surface area contributed by atoms with Crippen LogP contribution in [-0.2, 0) is 22.7 Å². The lowest BCUT2D eigenvalue weighted by atomic mass is 10.1. The highest BCUT2D eigenvalue weighted by Gasteiger charge is 2.30. The monoisotopic (exact) mass is 442 g/mol. The summed E-state index contributed by atoms with van der Waals surface area (Å²) in [4.78, 5) is 14.2. The fourth-order valence-electron chi connectivity index (χ4n) is 3.23. The summed E-state index contributed by atoms with van der Waals surface area (Å²) in [6, 6.07) is 8.32. The van der Waals surface area contributed by atoms with Gasteiger partial charge < -0.3 is 9.64 Å². The number of methoxy groups -OCH3 is 1. The number of hydrogen-bond donors (Lipinski definition) is 1. The van der Waals surface area contributed by atoms with E-state index in [1.807, 2.05) is 0 Å². The lowest BCUT2D eigenvalue weighted by Gasteiger charge is -2.18. The summed E-state index contributed by atoms with van der Waals surface area (Å²) >= 11 is 0. The van der Waals surface area contributed by atoms with Gasteiger partial charge in [0.15, 0.2) is 0 Å². The molecule has 0 aliphatic carbocycles. The topological polar surface area (TPSA) is 75.7 Å². The van der Waals surface area contributed by atoms with Crippen molar-refractivity contribution in [3.05, 3.63) is 59.2 Å². The second-order valence-electron chi connectivity index (χ2n) is 6.88. The summed E-state index contributed by atoms with van der Waals surface area (Å²) in [6.07, 6.45) is -2.76. The molecule has 1 aliphatic rings. The van der Waals surface area contributed by atoms with Gasteiger partial charge in [0, 0.05) is 19.6 Å². The van der Waals surface area contributed by atoms with E-state index in [0.717, 1.165) is 25.0 Å². The molecule has 0 atom stereocenters. The van der Waals surface area contributed by atoms with E-state index in [2.05, 4.69) is 4.72 Å². The molecule has 6 nitrogen and oxygen atoms in total. The summed E-state index contributed by atoms with van der Waals surface area (Å²) in [5, 5.41) is 0. The van der Waals surface area contributed by atoms with Crippen LogP contribution in [0.15, 0.2) is 47.4 Å². The molecule has 3 rings (SSSR count). The molecule has 30 heavy (non-hydrogen) atoms. The van der Waals surface area contributed by atoms with E-state index >= 15 is 0 Å². The molecule has 162 valence electrons. The zero-order valence-corrected chi connectivity index (χ0v) is 17.0. The first-order valence-electron chi connectivity index (χ1n) is 9.25. The number of ether oxygens (including phenoxy) is 1. The van der Waals surface area contributed by atoms with Gasteiger partial charge in [0.1, 0.15) is 5.75 Å². The summed E-state index contributed by atoms with van der Waals surface area (Å²) in [5.74, 6) is -0.0667. The number of likely N-dealkylation sites (tertiary alicyclic amines) is 1. The first-order chi connectivity index (χ1) is 14.1. The average Bonchev–Trinajstić information content (AvgIpc) is 3.26. The zero-order valence-electron chi connectivity index (χ0n) is 16.2. The van der Waals surface area contributed by atoms with Crippen LogP contribution < -0.4 is 9.46 Å². The third-order valence-electron chi connectivity index (χ3n) is 4.83. The Labute approximate surface area is 172 Å². The first-order valence-corrected chi connectivity index (χ1v) is 10.7. The van der Waals surface area contributed by atoms with Crippen LogP contribution in [0.25, 0.3) is 0 Å². The standard InChI is InChI=1S/C20H21F3N2O4S/c1-29-18-8-7-16(12-17(18)19(26)25-9-2-3-10-25)30(27,28)24-13-14-5-4-6-15(11-14)20(21,22)23/h4-8,11-12,24H,2-3,9-10,13H2,1H3. The van der Waals surface area contributed by atoms with Gasteiger partial charge in [-0.1, -0.05) is 18.2 Å². The van der Waals surface area contributed by atoms with Crippen molar-refractivity contribution in [1.82, 2.24) is 9.62 Å². The predicted molar refractivity (Wildman–Crippen MR) is 104 cm³/mol. The van der Waals surface area contributed by atoms with Gasteiger partial charge in [-0.15, -0.1) is 0 Å². The highest BCUT2D eigenvalue weighted by atomic mass is 32.2. The number of carbonyl (C=O) groups is 1. The number of alkyl halides is 3. The van der Waals surface area contributed by atoms with E-state index < -0.39 is 21.8 Å². The fraction of sp³-hybridized carbons (Fsp3) is 0.350. The lowest BCUT2D eigenvalue weighted by Crippen LogP contribution is -2.29. The largest absolute Gasteiger partial charge is 0.496 e. The van der Waals surface area contributed by atoms with E-state index in [4.69, 9.17) is 4.74 Å². The van der Waals surface area contributed by atoms with Crippen LogP contribution >= 0.6 is 0 Å². The van der Waals surface area contributed by atoms with Crippen LogP contribution in [-0.4, -0.2) is 39.4 Å². The Kier molecular flexibility index (Phi) is 6.37. The van der Waals surface area contributed by atoms with Crippen molar-refractivity contribution in [2.75, 3.05) is 20.2 Å². The minimum Gasteiger partial charge on any atom is -0.496 e. The van der Waals surface area contributed by atoms with Crippen LogP contribution in [0.1, 0.15) is 34.3 Å². The summed E-state index contributed by atoms with van der Waals surface area (Å²) in [6.45, 7) is 0.854. The third kappa shape index (κ3) is 4.93. The maximum Gasteiger partial charge on any atom is 0.416 e. The van der Waals surface area contributed by atoms with Crippen molar-refractivity contribution in [1.29, 1.82) is 0 Å². The molecule has 2 aromatic carbocycles. The SMILES string of the molecule is COc1ccc(S(=O)(=O)NCc2cccc(C(F)(F)F)c2)cc1C(=O)N1CCCC1. The molecule has 1 heterocycles. The maximum atomic E-state index is 12.8.